The number of rotatable bonds is 4. The van der Waals surface area contributed by atoms with E-state index in [1.807, 2.05) is 45.0 Å². The number of hydroxylamine groups is 2. The average molecular weight is 333 g/mol. The fourth-order valence-corrected chi connectivity index (χ4v) is 2.43. The Kier molecular flexibility index (Phi) is 5.96. The summed E-state index contributed by atoms with van der Waals surface area (Å²) in [7, 11) is 0. The summed E-state index contributed by atoms with van der Waals surface area (Å²) in [5.41, 5.74) is 6.85. The molecule has 0 bridgehead atoms. The van der Waals surface area contributed by atoms with Crippen molar-refractivity contribution < 1.29 is 14.4 Å². The standard InChI is InChI=1S/C18H27N3O3/c1-18(2,3)17(23)24-21-10-8-14(9-11-21)16(22)20-15-6-4-13(12-19)5-7-15/h4-7,14H,8-12,19H2,1-3H3,(H,20,22). The Bertz CT molecular complexity index is 570. The first-order chi connectivity index (χ1) is 11.3. The predicted molar refractivity (Wildman–Crippen MR) is 92.8 cm³/mol. The van der Waals surface area contributed by atoms with E-state index in [-0.39, 0.29) is 17.8 Å². The largest absolute Gasteiger partial charge is 0.367 e. The van der Waals surface area contributed by atoms with Gasteiger partial charge in [-0.2, -0.15) is 0 Å². The molecule has 1 amide bonds. The number of benzene rings is 1. The zero-order valence-electron chi connectivity index (χ0n) is 14.7. The second-order valence-corrected chi connectivity index (χ2v) is 7.22. The number of carbonyl (C=O) groups excluding carboxylic acids is 2. The van der Waals surface area contributed by atoms with Crippen LogP contribution in [0.2, 0.25) is 0 Å². The number of amides is 1. The summed E-state index contributed by atoms with van der Waals surface area (Å²) in [6, 6.07) is 7.54. The van der Waals surface area contributed by atoms with E-state index in [9.17, 15) is 9.59 Å². The lowest BCUT2D eigenvalue weighted by atomic mass is 9.96. The molecule has 1 aliphatic heterocycles. The van der Waals surface area contributed by atoms with Crippen molar-refractivity contribution in [2.75, 3.05) is 18.4 Å². The number of piperidine rings is 1. The van der Waals surface area contributed by atoms with Gasteiger partial charge in [-0.1, -0.05) is 12.1 Å². The second-order valence-electron chi connectivity index (χ2n) is 7.22. The molecule has 0 saturated carbocycles. The van der Waals surface area contributed by atoms with Crippen LogP contribution in [0.15, 0.2) is 24.3 Å². The lowest BCUT2D eigenvalue weighted by molar-refractivity contribution is -0.205. The zero-order chi connectivity index (χ0) is 17.7. The highest BCUT2D eigenvalue weighted by atomic mass is 16.7. The molecule has 0 aliphatic carbocycles. The molecule has 1 heterocycles. The molecular formula is C18H27N3O3. The van der Waals surface area contributed by atoms with Gasteiger partial charge in [-0.05, 0) is 51.3 Å². The molecule has 1 aliphatic rings. The molecule has 0 aromatic heterocycles. The van der Waals surface area contributed by atoms with Crippen LogP contribution in [0, 0.1) is 11.3 Å². The molecule has 1 aromatic carbocycles. The highest BCUT2D eigenvalue weighted by molar-refractivity contribution is 5.92. The fourth-order valence-electron chi connectivity index (χ4n) is 2.43. The van der Waals surface area contributed by atoms with E-state index < -0.39 is 5.41 Å². The number of nitrogens with two attached hydrogens (primary N) is 1. The monoisotopic (exact) mass is 333 g/mol. The van der Waals surface area contributed by atoms with Crippen molar-refractivity contribution in [2.24, 2.45) is 17.1 Å². The summed E-state index contributed by atoms with van der Waals surface area (Å²) in [6.07, 6.45) is 1.34. The third-order valence-corrected chi connectivity index (χ3v) is 4.11. The normalized spacial score (nSPS) is 16.7. The van der Waals surface area contributed by atoms with Crippen LogP contribution >= 0.6 is 0 Å². The molecule has 0 atom stereocenters. The maximum Gasteiger partial charge on any atom is 0.330 e. The minimum Gasteiger partial charge on any atom is -0.367 e. The van der Waals surface area contributed by atoms with E-state index in [1.54, 1.807) is 5.06 Å². The molecule has 1 aromatic rings. The Morgan fingerprint density at radius 3 is 2.29 bits per heavy atom. The van der Waals surface area contributed by atoms with Crippen LogP contribution in [-0.2, 0) is 21.0 Å². The van der Waals surface area contributed by atoms with E-state index in [2.05, 4.69) is 5.32 Å². The van der Waals surface area contributed by atoms with Crippen molar-refractivity contribution in [1.29, 1.82) is 0 Å². The van der Waals surface area contributed by atoms with Crippen molar-refractivity contribution in [3.8, 4) is 0 Å². The van der Waals surface area contributed by atoms with Crippen LogP contribution in [0.4, 0.5) is 5.69 Å². The number of anilines is 1. The van der Waals surface area contributed by atoms with Gasteiger partial charge in [0, 0.05) is 31.2 Å². The molecule has 1 fully saturated rings. The second kappa shape index (κ2) is 7.77. The van der Waals surface area contributed by atoms with Gasteiger partial charge in [0.2, 0.25) is 5.91 Å². The van der Waals surface area contributed by atoms with Crippen molar-refractivity contribution in [1.82, 2.24) is 5.06 Å². The van der Waals surface area contributed by atoms with Crippen LogP contribution in [-0.4, -0.2) is 30.0 Å². The van der Waals surface area contributed by atoms with Gasteiger partial charge >= 0.3 is 5.97 Å². The molecule has 0 unspecified atom stereocenters. The van der Waals surface area contributed by atoms with Crippen LogP contribution < -0.4 is 11.1 Å². The molecule has 6 heteroatoms. The maximum absolute atomic E-state index is 12.3. The van der Waals surface area contributed by atoms with E-state index in [0.29, 0.717) is 32.5 Å². The predicted octanol–water partition coefficient (Wildman–Crippen LogP) is 2.30. The molecule has 132 valence electrons. The minimum absolute atomic E-state index is 0.0114. The summed E-state index contributed by atoms with van der Waals surface area (Å²) < 4.78 is 0. The molecule has 6 nitrogen and oxygen atoms in total. The third kappa shape index (κ3) is 5.04. The number of hydrogen-bond donors (Lipinski definition) is 2. The Morgan fingerprint density at radius 2 is 1.79 bits per heavy atom. The summed E-state index contributed by atoms with van der Waals surface area (Å²) in [6.45, 7) is 7.11. The molecule has 1 saturated heterocycles. The molecule has 24 heavy (non-hydrogen) atoms. The Labute approximate surface area is 143 Å². The number of nitrogens with one attached hydrogen (secondary N) is 1. The van der Waals surface area contributed by atoms with Gasteiger partial charge in [0.1, 0.15) is 0 Å². The Morgan fingerprint density at radius 1 is 1.21 bits per heavy atom. The van der Waals surface area contributed by atoms with Gasteiger partial charge in [0.05, 0.1) is 5.41 Å². The summed E-state index contributed by atoms with van der Waals surface area (Å²) in [5.74, 6) is -0.300. The Hall–Kier alpha value is -1.92. The van der Waals surface area contributed by atoms with Crippen LogP contribution in [0.25, 0.3) is 0 Å². The van der Waals surface area contributed by atoms with Crippen molar-refractivity contribution in [3.63, 3.8) is 0 Å². The van der Waals surface area contributed by atoms with Crippen LogP contribution in [0.1, 0.15) is 39.2 Å². The highest BCUT2D eigenvalue weighted by Gasteiger charge is 2.30. The van der Waals surface area contributed by atoms with Gasteiger partial charge in [-0.3, -0.25) is 4.79 Å². The van der Waals surface area contributed by atoms with Gasteiger partial charge in [-0.25, -0.2) is 4.79 Å². The quantitative estimate of drug-likeness (QED) is 0.883. The van der Waals surface area contributed by atoms with E-state index in [0.717, 1.165) is 11.3 Å². The first-order valence-corrected chi connectivity index (χ1v) is 8.37. The van der Waals surface area contributed by atoms with Gasteiger partial charge in [-0.15, -0.1) is 5.06 Å². The van der Waals surface area contributed by atoms with Crippen molar-refractivity contribution >= 4 is 17.6 Å². The van der Waals surface area contributed by atoms with Crippen LogP contribution in [0.3, 0.4) is 0 Å². The van der Waals surface area contributed by atoms with Gasteiger partial charge < -0.3 is 15.9 Å². The first kappa shape index (κ1) is 18.4. The van der Waals surface area contributed by atoms with Crippen molar-refractivity contribution in [2.45, 2.75) is 40.2 Å². The number of carbonyl (C=O) groups is 2. The van der Waals surface area contributed by atoms with Gasteiger partial charge in [0.25, 0.3) is 0 Å². The summed E-state index contributed by atoms with van der Waals surface area (Å²) >= 11 is 0. The van der Waals surface area contributed by atoms with E-state index in [4.69, 9.17) is 10.6 Å². The molecule has 0 radical (unpaired) electrons. The van der Waals surface area contributed by atoms with E-state index >= 15 is 0 Å². The Balaban J connectivity index is 1.81. The zero-order valence-corrected chi connectivity index (χ0v) is 14.7. The fraction of sp³-hybridized carbons (Fsp3) is 0.556. The molecule has 3 N–H and O–H groups in total. The topological polar surface area (TPSA) is 84.7 Å². The average Bonchev–Trinajstić information content (AvgIpc) is 2.55. The minimum atomic E-state index is -0.524. The first-order valence-electron chi connectivity index (χ1n) is 8.37. The molecular weight excluding hydrogens is 306 g/mol. The maximum atomic E-state index is 12.3. The lowest BCUT2D eigenvalue weighted by Gasteiger charge is -2.31. The molecule has 2 rings (SSSR count). The number of nitrogens with zero attached hydrogens (tertiary/aromatic N) is 1. The van der Waals surface area contributed by atoms with Crippen molar-refractivity contribution in [3.05, 3.63) is 29.8 Å². The highest BCUT2D eigenvalue weighted by Crippen LogP contribution is 2.22. The number of hydrogen-bond acceptors (Lipinski definition) is 5. The van der Waals surface area contributed by atoms with Crippen LogP contribution in [0.5, 0.6) is 0 Å². The molecule has 0 spiro atoms. The smallest absolute Gasteiger partial charge is 0.330 e. The van der Waals surface area contributed by atoms with E-state index in [1.165, 1.54) is 0 Å². The SMILES string of the molecule is CC(C)(C)C(=O)ON1CCC(C(=O)Nc2ccc(CN)cc2)CC1. The summed E-state index contributed by atoms with van der Waals surface area (Å²) in [4.78, 5) is 29.6. The summed E-state index contributed by atoms with van der Waals surface area (Å²) in [5, 5.41) is 4.60. The lowest BCUT2D eigenvalue weighted by Crippen LogP contribution is -2.41. The van der Waals surface area contributed by atoms with Gasteiger partial charge in [0.15, 0.2) is 0 Å². The third-order valence-electron chi connectivity index (χ3n) is 4.11.